The predicted molar refractivity (Wildman–Crippen MR) is 91.2 cm³/mol. The number of hydrogen-bond acceptors (Lipinski definition) is 3. The van der Waals surface area contributed by atoms with Crippen molar-refractivity contribution in [1.29, 1.82) is 0 Å². The van der Waals surface area contributed by atoms with Crippen LogP contribution in [0, 0.1) is 18.8 Å². The van der Waals surface area contributed by atoms with Gasteiger partial charge in [0.05, 0.1) is 12.5 Å². The lowest BCUT2D eigenvalue weighted by atomic mass is 9.91. The van der Waals surface area contributed by atoms with Crippen molar-refractivity contribution in [2.45, 2.75) is 26.7 Å². The third-order valence-electron chi connectivity index (χ3n) is 4.18. The fourth-order valence-electron chi connectivity index (χ4n) is 2.90. The normalized spacial score (nSPS) is 20.5. The lowest BCUT2D eigenvalue weighted by Gasteiger charge is -2.34. The number of likely N-dealkylation sites (tertiary alicyclic amines) is 1. The Morgan fingerprint density at radius 1 is 1.29 bits per heavy atom. The number of urea groups is 1. The van der Waals surface area contributed by atoms with Crippen LogP contribution in [0.3, 0.4) is 0 Å². The molecule has 1 aliphatic rings. The summed E-state index contributed by atoms with van der Waals surface area (Å²) in [5.74, 6) is -0.272. The second-order valence-electron chi connectivity index (χ2n) is 6.53. The van der Waals surface area contributed by atoms with Crippen LogP contribution in [0.25, 0.3) is 0 Å². The van der Waals surface area contributed by atoms with Gasteiger partial charge < -0.3 is 20.1 Å². The number of carbonyl (C=O) groups excluding carboxylic acids is 1. The summed E-state index contributed by atoms with van der Waals surface area (Å²) in [6.45, 7) is 5.92. The molecule has 0 spiro atoms. The first kappa shape index (κ1) is 18.1. The highest BCUT2D eigenvalue weighted by molar-refractivity contribution is 5.76. The van der Waals surface area contributed by atoms with Crippen LogP contribution in [0.15, 0.2) is 24.3 Å². The molecule has 1 aliphatic heterocycles. The third-order valence-corrected chi connectivity index (χ3v) is 4.18. The molecule has 0 bridgehead atoms. The van der Waals surface area contributed by atoms with Gasteiger partial charge in [0.15, 0.2) is 0 Å². The molecule has 1 aromatic rings. The monoisotopic (exact) mass is 334 g/mol. The first-order valence-electron chi connectivity index (χ1n) is 8.40. The van der Waals surface area contributed by atoms with Crippen molar-refractivity contribution < 1.29 is 19.4 Å². The molecule has 1 heterocycles. The quantitative estimate of drug-likeness (QED) is 0.784. The number of rotatable bonds is 6. The van der Waals surface area contributed by atoms with Gasteiger partial charge in [0.25, 0.3) is 0 Å². The third kappa shape index (κ3) is 5.44. The first-order chi connectivity index (χ1) is 11.5. The van der Waals surface area contributed by atoms with Gasteiger partial charge in [-0.15, -0.1) is 0 Å². The van der Waals surface area contributed by atoms with Gasteiger partial charge in [0, 0.05) is 19.6 Å². The maximum atomic E-state index is 12.2. The maximum Gasteiger partial charge on any atom is 0.317 e. The van der Waals surface area contributed by atoms with Crippen LogP contribution in [0.4, 0.5) is 4.79 Å². The summed E-state index contributed by atoms with van der Waals surface area (Å²) in [7, 11) is 0. The van der Waals surface area contributed by atoms with Crippen LogP contribution in [-0.4, -0.2) is 48.2 Å². The van der Waals surface area contributed by atoms with Crippen molar-refractivity contribution in [3.63, 3.8) is 0 Å². The molecule has 24 heavy (non-hydrogen) atoms. The van der Waals surface area contributed by atoms with Crippen molar-refractivity contribution in [2.75, 3.05) is 26.2 Å². The molecular weight excluding hydrogens is 308 g/mol. The topological polar surface area (TPSA) is 78.9 Å². The summed E-state index contributed by atoms with van der Waals surface area (Å²) >= 11 is 0. The van der Waals surface area contributed by atoms with Crippen LogP contribution < -0.4 is 10.1 Å². The van der Waals surface area contributed by atoms with E-state index in [-0.39, 0.29) is 18.5 Å². The van der Waals surface area contributed by atoms with Crippen molar-refractivity contribution in [3.8, 4) is 5.75 Å². The zero-order chi connectivity index (χ0) is 17.5. The number of carbonyl (C=O) groups is 2. The summed E-state index contributed by atoms with van der Waals surface area (Å²) in [5.41, 5.74) is 1.19. The first-order valence-corrected chi connectivity index (χ1v) is 8.40. The summed E-state index contributed by atoms with van der Waals surface area (Å²) in [6.07, 6.45) is 1.33. The number of benzene rings is 1. The van der Waals surface area contributed by atoms with E-state index in [0.717, 1.165) is 5.75 Å². The second-order valence-corrected chi connectivity index (χ2v) is 6.53. The molecule has 2 rings (SSSR count). The van der Waals surface area contributed by atoms with Gasteiger partial charge >= 0.3 is 12.0 Å². The highest BCUT2D eigenvalue weighted by Crippen LogP contribution is 2.21. The number of piperidine rings is 1. The molecule has 0 aliphatic carbocycles. The van der Waals surface area contributed by atoms with E-state index in [2.05, 4.69) is 5.32 Å². The van der Waals surface area contributed by atoms with Gasteiger partial charge in [-0.25, -0.2) is 4.79 Å². The number of hydrogen-bond donors (Lipinski definition) is 2. The average molecular weight is 334 g/mol. The molecule has 2 amide bonds. The van der Waals surface area contributed by atoms with E-state index >= 15 is 0 Å². The van der Waals surface area contributed by atoms with Crippen LogP contribution in [0.1, 0.15) is 25.3 Å². The molecule has 132 valence electrons. The molecule has 0 saturated carbocycles. The Balaban J connectivity index is 1.67. The SMILES string of the molecule is Cc1ccc(OCCCNC(=O)N2CC(C)CC(C(=O)O)C2)cc1. The Kier molecular flexibility index (Phi) is 6.46. The molecule has 6 nitrogen and oxygen atoms in total. The van der Waals surface area contributed by atoms with E-state index in [1.165, 1.54) is 5.56 Å². The largest absolute Gasteiger partial charge is 0.494 e. The van der Waals surface area contributed by atoms with Crippen LogP contribution in [0.5, 0.6) is 5.75 Å². The smallest absolute Gasteiger partial charge is 0.317 e. The van der Waals surface area contributed by atoms with Crippen LogP contribution in [0.2, 0.25) is 0 Å². The lowest BCUT2D eigenvalue weighted by Crippen LogP contribution is -2.49. The molecule has 2 atom stereocenters. The number of nitrogens with one attached hydrogen (secondary N) is 1. The Hall–Kier alpha value is -2.24. The molecular formula is C18H26N2O4. The van der Waals surface area contributed by atoms with Gasteiger partial charge in [-0.05, 0) is 37.8 Å². The van der Waals surface area contributed by atoms with Crippen LogP contribution in [-0.2, 0) is 4.79 Å². The van der Waals surface area contributed by atoms with E-state index in [1.807, 2.05) is 38.1 Å². The highest BCUT2D eigenvalue weighted by Gasteiger charge is 2.31. The van der Waals surface area contributed by atoms with E-state index < -0.39 is 11.9 Å². The van der Waals surface area contributed by atoms with E-state index in [9.17, 15) is 9.59 Å². The predicted octanol–water partition coefficient (Wildman–Crippen LogP) is 2.52. The summed E-state index contributed by atoms with van der Waals surface area (Å²) in [4.78, 5) is 24.9. The molecule has 2 unspecified atom stereocenters. The number of carboxylic acids is 1. The zero-order valence-electron chi connectivity index (χ0n) is 14.3. The Bertz CT molecular complexity index is 559. The van der Waals surface area contributed by atoms with Gasteiger partial charge in [0.2, 0.25) is 0 Å². The minimum atomic E-state index is -0.828. The Labute approximate surface area is 142 Å². The Morgan fingerprint density at radius 3 is 2.67 bits per heavy atom. The lowest BCUT2D eigenvalue weighted by molar-refractivity contribution is -0.143. The molecule has 1 aromatic carbocycles. The number of aliphatic carboxylic acids is 1. The van der Waals surface area contributed by atoms with Crippen molar-refractivity contribution in [1.82, 2.24) is 10.2 Å². The van der Waals surface area contributed by atoms with E-state index in [4.69, 9.17) is 9.84 Å². The van der Waals surface area contributed by atoms with Crippen molar-refractivity contribution in [3.05, 3.63) is 29.8 Å². The molecule has 0 aromatic heterocycles. The minimum Gasteiger partial charge on any atom is -0.494 e. The van der Waals surface area contributed by atoms with Gasteiger partial charge in [-0.2, -0.15) is 0 Å². The standard InChI is InChI=1S/C18H26N2O4/c1-13-4-6-16(7-5-13)24-9-3-8-19-18(23)20-11-14(2)10-15(12-20)17(21)22/h4-7,14-15H,3,8-12H2,1-2H3,(H,19,23)(H,21,22). The fraction of sp³-hybridized carbons (Fsp3) is 0.556. The zero-order valence-corrected chi connectivity index (χ0v) is 14.3. The highest BCUT2D eigenvalue weighted by atomic mass is 16.5. The summed E-state index contributed by atoms with van der Waals surface area (Å²) in [6, 6.07) is 7.65. The minimum absolute atomic E-state index is 0.192. The molecule has 1 saturated heterocycles. The number of carboxylic acid groups (broad SMARTS) is 1. The molecule has 2 N–H and O–H groups in total. The number of ether oxygens (including phenoxy) is 1. The number of amides is 2. The number of aryl methyl sites for hydroxylation is 1. The summed E-state index contributed by atoms with van der Waals surface area (Å²) in [5, 5.41) is 12.0. The van der Waals surface area contributed by atoms with Crippen LogP contribution >= 0.6 is 0 Å². The van der Waals surface area contributed by atoms with E-state index in [1.54, 1.807) is 4.90 Å². The van der Waals surface area contributed by atoms with Gasteiger partial charge in [-0.3, -0.25) is 4.79 Å². The fourth-order valence-corrected chi connectivity index (χ4v) is 2.90. The molecule has 6 heteroatoms. The van der Waals surface area contributed by atoms with E-state index in [0.29, 0.717) is 32.5 Å². The van der Waals surface area contributed by atoms with Gasteiger partial charge in [-0.1, -0.05) is 24.6 Å². The van der Waals surface area contributed by atoms with Crippen molar-refractivity contribution >= 4 is 12.0 Å². The molecule has 1 fully saturated rings. The molecule has 0 radical (unpaired) electrons. The maximum absolute atomic E-state index is 12.2. The summed E-state index contributed by atoms with van der Waals surface area (Å²) < 4.78 is 5.61. The number of nitrogens with zero attached hydrogens (tertiary/aromatic N) is 1. The van der Waals surface area contributed by atoms with Gasteiger partial charge in [0.1, 0.15) is 5.75 Å². The average Bonchev–Trinajstić information content (AvgIpc) is 2.55. The Morgan fingerprint density at radius 2 is 2.00 bits per heavy atom. The second kappa shape index (κ2) is 8.57. The van der Waals surface area contributed by atoms with Crippen molar-refractivity contribution in [2.24, 2.45) is 11.8 Å².